The third kappa shape index (κ3) is 1.61. The Labute approximate surface area is 48.5 Å². The van der Waals surface area contributed by atoms with Gasteiger partial charge >= 0.3 is 0 Å². The van der Waals surface area contributed by atoms with Crippen LogP contribution >= 0.6 is 12.4 Å². The van der Waals surface area contributed by atoms with Crippen LogP contribution in [-0.2, 0) is 0 Å². The summed E-state index contributed by atoms with van der Waals surface area (Å²) in [5.74, 6) is 0.213. The summed E-state index contributed by atoms with van der Waals surface area (Å²) in [5, 5.41) is 0. The van der Waals surface area contributed by atoms with Gasteiger partial charge < -0.3 is 5.73 Å². The van der Waals surface area contributed by atoms with E-state index in [-0.39, 0.29) is 31.0 Å². The van der Waals surface area contributed by atoms with Crippen molar-refractivity contribution in [2.45, 2.75) is 12.5 Å². The van der Waals surface area contributed by atoms with Crippen molar-refractivity contribution in [3.63, 3.8) is 0 Å². The van der Waals surface area contributed by atoms with Gasteiger partial charge in [0.15, 0.2) is 0 Å². The Morgan fingerprint density at radius 1 is 1.71 bits per heavy atom. The number of hydrogen-bond acceptors (Lipinski definition) is 1. The second kappa shape index (κ2) is 2.48. The van der Waals surface area contributed by atoms with Gasteiger partial charge in [0, 0.05) is 12.0 Å². The molecule has 0 amide bonds. The van der Waals surface area contributed by atoms with Gasteiger partial charge in [-0.2, -0.15) is 0 Å². The standard InChI is InChI=1S/C4H8FN.ClH/c5-2-3-1-4(3)6;/h3-4H,1-2,6H2;1H. The van der Waals surface area contributed by atoms with Crippen molar-refractivity contribution in [1.29, 1.82) is 0 Å². The number of nitrogens with two attached hydrogens (primary N) is 1. The van der Waals surface area contributed by atoms with Gasteiger partial charge in [-0.25, -0.2) is 0 Å². The van der Waals surface area contributed by atoms with E-state index in [2.05, 4.69) is 0 Å². The molecule has 0 radical (unpaired) electrons. The molecule has 1 nitrogen and oxygen atoms in total. The molecule has 1 aliphatic rings. The Balaban J connectivity index is 0.000000360. The zero-order valence-corrected chi connectivity index (χ0v) is 4.75. The van der Waals surface area contributed by atoms with E-state index in [4.69, 9.17) is 5.73 Å². The zero-order chi connectivity index (χ0) is 4.57. The van der Waals surface area contributed by atoms with Crippen LogP contribution in [0.5, 0.6) is 0 Å². The molecule has 7 heavy (non-hydrogen) atoms. The molecule has 0 aromatic heterocycles. The minimum absolute atomic E-state index is 0. The summed E-state index contributed by atoms with van der Waals surface area (Å²) in [7, 11) is 0. The van der Waals surface area contributed by atoms with Crippen molar-refractivity contribution in [3.05, 3.63) is 0 Å². The smallest absolute Gasteiger partial charge is 0.0937 e. The molecular formula is C4H9ClFN. The Morgan fingerprint density at radius 3 is 2.14 bits per heavy atom. The lowest BCUT2D eigenvalue weighted by molar-refractivity contribution is 0.452. The predicted octanol–water partition coefficient (Wildman–Crippen LogP) is 0.725. The van der Waals surface area contributed by atoms with Crippen molar-refractivity contribution < 1.29 is 4.39 Å². The Kier molecular flexibility index (Phi) is 2.54. The fraction of sp³-hybridized carbons (Fsp3) is 1.00. The highest BCUT2D eigenvalue weighted by atomic mass is 35.5. The normalized spacial score (nSPS) is 36.9. The summed E-state index contributed by atoms with van der Waals surface area (Å²) in [5.41, 5.74) is 5.24. The lowest BCUT2D eigenvalue weighted by Crippen LogP contribution is -2.01. The monoisotopic (exact) mass is 125 g/mol. The first-order valence-electron chi connectivity index (χ1n) is 2.16. The highest BCUT2D eigenvalue weighted by Crippen LogP contribution is 2.27. The molecule has 2 unspecified atom stereocenters. The molecule has 0 aromatic carbocycles. The minimum atomic E-state index is -0.221. The largest absolute Gasteiger partial charge is 0.327 e. The first-order chi connectivity index (χ1) is 2.84. The van der Waals surface area contributed by atoms with Gasteiger partial charge in [-0.1, -0.05) is 0 Å². The van der Waals surface area contributed by atoms with Gasteiger partial charge in [0.05, 0.1) is 6.67 Å². The van der Waals surface area contributed by atoms with Gasteiger partial charge in [-0.3, -0.25) is 4.39 Å². The second-order valence-electron chi connectivity index (χ2n) is 1.81. The Bertz CT molecular complexity index is 57.7. The Morgan fingerprint density at radius 2 is 2.14 bits per heavy atom. The third-order valence-electron chi connectivity index (χ3n) is 1.18. The van der Waals surface area contributed by atoms with Gasteiger partial charge in [0.2, 0.25) is 0 Å². The summed E-state index contributed by atoms with van der Waals surface area (Å²) < 4.78 is 11.3. The summed E-state index contributed by atoms with van der Waals surface area (Å²) >= 11 is 0. The lowest BCUT2D eigenvalue weighted by Gasteiger charge is -1.76. The first-order valence-corrected chi connectivity index (χ1v) is 2.16. The molecule has 3 heteroatoms. The van der Waals surface area contributed by atoms with Crippen LogP contribution in [0.25, 0.3) is 0 Å². The van der Waals surface area contributed by atoms with Crippen molar-refractivity contribution in [1.82, 2.24) is 0 Å². The SMILES string of the molecule is Cl.NC1CC1CF. The van der Waals surface area contributed by atoms with E-state index in [1.165, 1.54) is 0 Å². The molecule has 2 N–H and O–H groups in total. The van der Waals surface area contributed by atoms with E-state index < -0.39 is 0 Å². The summed E-state index contributed by atoms with van der Waals surface area (Å²) in [6.45, 7) is -0.221. The second-order valence-corrected chi connectivity index (χ2v) is 1.81. The maximum absolute atomic E-state index is 11.3. The molecule has 1 aliphatic carbocycles. The van der Waals surface area contributed by atoms with Crippen LogP contribution in [0.4, 0.5) is 4.39 Å². The summed E-state index contributed by atoms with van der Waals surface area (Å²) in [6, 6.07) is 0.190. The zero-order valence-electron chi connectivity index (χ0n) is 3.93. The van der Waals surface area contributed by atoms with E-state index in [0.717, 1.165) is 6.42 Å². The molecule has 0 saturated heterocycles. The first kappa shape index (κ1) is 7.18. The van der Waals surface area contributed by atoms with Gasteiger partial charge in [-0.05, 0) is 6.42 Å². The maximum atomic E-state index is 11.3. The van der Waals surface area contributed by atoms with Crippen LogP contribution in [0.15, 0.2) is 0 Å². The number of hydrogen-bond donors (Lipinski definition) is 1. The Hall–Kier alpha value is 0.180. The molecule has 0 aliphatic heterocycles. The molecule has 1 rings (SSSR count). The molecule has 0 spiro atoms. The fourth-order valence-corrected chi connectivity index (χ4v) is 0.448. The summed E-state index contributed by atoms with van der Waals surface area (Å²) in [4.78, 5) is 0. The highest BCUT2D eigenvalue weighted by Gasteiger charge is 2.32. The maximum Gasteiger partial charge on any atom is 0.0937 e. The van der Waals surface area contributed by atoms with Crippen LogP contribution in [-0.4, -0.2) is 12.7 Å². The molecule has 44 valence electrons. The van der Waals surface area contributed by atoms with Crippen LogP contribution in [0.2, 0.25) is 0 Å². The van der Waals surface area contributed by atoms with Crippen molar-refractivity contribution in [2.24, 2.45) is 11.7 Å². The molecular weight excluding hydrogens is 117 g/mol. The van der Waals surface area contributed by atoms with Crippen molar-refractivity contribution >= 4 is 12.4 Å². The van der Waals surface area contributed by atoms with E-state index >= 15 is 0 Å². The third-order valence-corrected chi connectivity index (χ3v) is 1.18. The van der Waals surface area contributed by atoms with E-state index in [0.29, 0.717) is 0 Å². The van der Waals surface area contributed by atoms with Gasteiger partial charge in [0.25, 0.3) is 0 Å². The van der Waals surface area contributed by atoms with E-state index in [1.807, 2.05) is 0 Å². The summed E-state index contributed by atoms with van der Waals surface area (Å²) in [6.07, 6.45) is 0.899. The van der Waals surface area contributed by atoms with Crippen LogP contribution in [0, 0.1) is 5.92 Å². The van der Waals surface area contributed by atoms with Crippen molar-refractivity contribution in [2.75, 3.05) is 6.67 Å². The molecule has 1 fully saturated rings. The molecule has 0 bridgehead atoms. The van der Waals surface area contributed by atoms with Crippen LogP contribution in [0.3, 0.4) is 0 Å². The quantitative estimate of drug-likeness (QED) is 0.549. The molecule has 2 atom stereocenters. The topological polar surface area (TPSA) is 26.0 Å². The minimum Gasteiger partial charge on any atom is -0.327 e. The van der Waals surface area contributed by atoms with E-state index in [9.17, 15) is 4.39 Å². The number of halogens is 2. The van der Waals surface area contributed by atoms with E-state index in [1.54, 1.807) is 0 Å². The average Bonchev–Trinajstić information content (AvgIpc) is 2.19. The van der Waals surface area contributed by atoms with Crippen LogP contribution in [0.1, 0.15) is 6.42 Å². The molecule has 0 heterocycles. The number of alkyl halides is 1. The van der Waals surface area contributed by atoms with Crippen LogP contribution < -0.4 is 5.73 Å². The molecule has 1 saturated carbocycles. The van der Waals surface area contributed by atoms with Gasteiger partial charge in [0.1, 0.15) is 0 Å². The lowest BCUT2D eigenvalue weighted by atomic mass is 10.5. The van der Waals surface area contributed by atoms with Crippen molar-refractivity contribution in [3.8, 4) is 0 Å². The molecule has 0 aromatic rings. The number of rotatable bonds is 1. The fourth-order valence-electron chi connectivity index (χ4n) is 0.448. The predicted molar refractivity (Wildman–Crippen MR) is 29.3 cm³/mol. The highest BCUT2D eigenvalue weighted by molar-refractivity contribution is 5.85. The van der Waals surface area contributed by atoms with Gasteiger partial charge in [-0.15, -0.1) is 12.4 Å². The average molecular weight is 126 g/mol.